The molecule has 0 aliphatic heterocycles. The van der Waals surface area contributed by atoms with Crippen LogP contribution in [0.5, 0.6) is 0 Å². The van der Waals surface area contributed by atoms with Gasteiger partial charge in [-0.25, -0.2) is 0 Å². The van der Waals surface area contributed by atoms with Crippen LogP contribution >= 0.6 is 0 Å². The number of hydrogen-bond acceptors (Lipinski definition) is 2. The van der Waals surface area contributed by atoms with Gasteiger partial charge in [-0.1, -0.05) is 6.92 Å². The van der Waals surface area contributed by atoms with Gasteiger partial charge in [-0.2, -0.15) is 0 Å². The first-order valence-electron chi connectivity index (χ1n) is 2.38. The van der Waals surface area contributed by atoms with Crippen LogP contribution in [0.15, 0.2) is 0 Å². The minimum absolute atomic E-state index is 0.0995. The monoisotopic (exact) mass is 113 g/mol. The number of nitrogens with one attached hydrogen (secondary N) is 1. The fourth-order valence-electron chi connectivity index (χ4n) is 0.276. The van der Waals surface area contributed by atoms with Gasteiger partial charge >= 0.3 is 0 Å². The number of rotatable bonds is 3. The van der Waals surface area contributed by atoms with Gasteiger partial charge in [0.2, 0.25) is 0 Å². The standard InChI is InChI=1S/C5H9N2O/c1-2-4(8)3-5(6)7/h3H,2H2,1H3,(H3,6,7). The van der Waals surface area contributed by atoms with E-state index in [1.54, 1.807) is 6.92 Å². The summed E-state index contributed by atoms with van der Waals surface area (Å²) in [4.78, 5) is 10.3. The zero-order valence-corrected chi connectivity index (χ0v) is 4.77. The first-order chi connectivity index (χ1) is 3.66. The quantitative estimate of drug-likeness (QED) is 0.403. The molecule has 0 aromatic carbocycles. The van der Waals surface area contributed by atoms with Crippen LogP contribution in [-0.2, 0) is 4.79 Å². The molecule has 8 heavy (non-hydrogen) atoms. The van der Waals surface area contributed by atoms with Gasteiger partial charge in [0.25, 0.3) is 0 Å². The van der Waals surface area contributed by atoms with Crippen molar-refractivity contribution in [3.63, 3.8) is 0 Å². The van der Waals surface area contributed by atoms with E-state index in [9.17, 15) is 4.79 Å². The summed E-state index contributed by atoms with van der Waals surface area (Å²) in [5.74, 6) is -0.269. The summed E-state index contributed by atoms with van der Waals surface area (Å²) in [6.07, 6.45) is 1.53. The molecule has 0 heterocycles. The lowest BCUT2D eigenvalue weighted by atomic mass is 10.2. The second-order valence-corrected chi connectivity index (χ2v) is 1.42. The maximum absolute atomic E-state index is 10.3. The number of carbonyl (C=O) groups is 1. The molecule has 1 radical (unpaired) electrons. The largest absolute Gasteiger partial charge is 0.387 e. The van der Waals surface area contributed by atoms with Crippen LogP contribution in [0.25, 0.3) is 0 Å². The van der Waals surface area contributed by atoms with Crippen molar-refractivity contribution in [2.45, 2.75) is 13.3 Å². The topological polar surface area (TPSA) is 66.9 Å². The molecule has 0 saturated heterocycles. The highest BCUT2D eigenvalue weighted by molar-refractivity contribution is 6.09. The van der Waals surface area contributed by atoms with Gasteiger partial charge in [0.15, 0.2) is 0 Å². The Labute approximate surface area is 48.4 Å². The van der Waals surface area contributed by atoms with Gasteiger partial charge in [-0.05, 0) is 0 Å². The lowest BCUT2D eigenvalue weighted by Crippen LogP contribution is -2.15. The molecule has 0 unspecified atom stereocenters. The smallest absolute Gasteiger partial charge is 0.144 e. The average Bonchev–Trinajstić information content (AvgIpc) is 1.65. The molecule has 0 aliphatic rings. The van der Waals surface area contributed by atoms with Gasteiger partial charge in [0.1, 0.15) is 11.6 Å². The third-order valence-electron chi connectivity index (χ3n) is 0.665. The van der Waals surface area contributed by atoms with Crippen LogP contribution in [0.2, 0.25) is 0 Å². The molecule has 0 aromatic heterocycles. The fraction of sp³-hybridized carbons (Fsp3) is 0.400. The van der Waals surface area contributed by atoms with Crippen molar-refractivity contribution in [2.24, 2.45) is 5.73 Å². The number of ketones is 1. The SMILES string of the molecule is CCC(=O)[CH]C(=N)N. The highest BCUT2D eigenvalue weighted by atomic mass is 16.1. The Morgan fingerprint density at radius 1 is 1.88 bits per heavy atom. The average molecular weight is 113 g/mol. The fourth-order valence-corrected chi connectivity index (χ4v) is 0.276. The van der Waals surface area contributed by atoms with Crippen LogP contribution in [-0.4, -0.2) is 11.6 Å². The number of nitrogens with two attached hydrogens (primary N) is 1. The summed E-state index contributed by atoms with van der Waals surface area (Å²) in [5.41, 5.74) is 4.88. The van der Waals surface area contributed by atoms with E-state index in [-0.39, 0.29) is 11.6 Å². The summed E-state index contributed by atoms with van der Waals surface area (Å²) in [6, 6.07) is 0. The summed E-state index contributed by atoms with van der Waals surface area (Å²) < 4.78 is 0. The highest BCUT2D eigenvalue weighted by Crippen LogP contribution is 1.83. The van der Waals surface area contributed by atoms with Crippen LogP contribution < -0.4 is 5.73 Å². The van der Waals surface area contributed by atoms with E-state index in [4.69, 9.17) is 11.1 Å². The maximum atomic E-state index is 10.3. The predicted molar refractivity (Wildman–Crippen MR) is 31.5 cm³/mol. The minimum Gasteiger partial charge on any atom is -0.387 e. The molecule has 3 nitrogen and oxygen atoms in total. The summed E-state index contributed by atoms with van der Waals surface area (Å²) >= 11 is 0. The molecule has 0 rings (SSSR count). The van der Waals surface area contributed by atoms with E-state index in [1.807, 2.05) is 0 Å². The zero-order valence-electron chi connectivity index (χ0n) is 4.77. The predicted octanol–water partition coefficient (Wildman–Crippen LogP) is 0.106. The van der Waals surface area contributed by atoms with Crippen molar-refractivity contribution >= 4 is 11.6 Å². The number of amidine groups is 1. The van der Waals surface area contributed by atoms with Crippen molar-refractivity contribution in [2.75, 3.05) is 0 Å². The molecular weight excluding hydrogens is 104 g/mol. The van der Waals surface area contributed by atoms with Gasteiger partial charge < -0.3 is 5.73 Å². The van der Waals surface area contributed by atoms with E-state index in [0.717, 1.165) is 6.42 Å². The van der Waals surface area contributed by atoms with Crippen LogP contribution in [0, 0.1) is 11.8 Å². The minimum atomic E-state index is -0.170. The van der Waals surface area contributed by atoms with Crippen molar-refractivity contribution in [1.82, 2.24) is 0 Å². The number of Topliss-reactive ketones (excluding diaryl/α,β-unsaturated/α-hetero) is 1. The van der Waals surface area contributed by atoms with Crippen LogP contribution in [0.4, 0.5) is 0 Å². The first-order valence-corrected chi connectivity index (χ1v) is 2.38. The molecule has 0 atom stereocenters. The van der Waals surface area contributed by atoms with Crippen molar-refractivity contribution in [1.29, 1.82) is 5.41 Å². The second kappa shape index (κ2) is 3.18. The Bertz CT molecular complexity index is 109. The Morgan fingerprint density at radius 3 is 2.50 bits per heavy atom. The molecule has 0 fully saturated rings. The molecule has 0 aliphatic carbocycles. The molecular formula is C5H9N2O. The lowest BCUT2D eigenvalue weighted by molar-refractivity contribution is -0.115. The third kappa shape index (κ3) is 3.33. The summed E-state index contributed by atoms with van der Waals surface area (Å²) in [7, 11) is 0. The lowest BCUT2D eigenvalue weighted by Gasteiger charge is -1.89. The van der Waals surface area contributed by atoms with Crippen LogP contribution in [0.3, 0.4) is 0 Å². The van der Waals surface area contributed by atoms with Gasteiger partial charge in [-0.15, -0.1) is 0 Å². The van der Waals surface area contributed by atoms with E-state index >= 15 is 0 Å². The highest BCUT2D eigenvalue weighted by Gasteiger charge is 1.98. The van der Waals surface area contributed by atoms with E-state index in [0.29, 0.717) is 6.42 Å². The Hall–Kier alpha value is -0.860. The summed E-state index contributed by atoms with van der Waals surface area (Å²) in [6.45, 7) is 1.72. The van der Waals surface area contributed by atoms with E-state index < -0.39 is 0 Å². The first kappa shape index (κ1) is 7.14. The van der Waals surface area contributed by atoms with Crippen molar-refractivity contribution in [3.05, 3.63) is 6.42 Å². The molecule has 0 bridgehead atoms. The molecule has 0 aromatic rings. The number of hydrogen-bond donors (Lipinski definition) is 2. The van der Waals surface area contributed by atoms with E-state index in [1.165, 1.54) is 0 Å². The zero-order chi connectivity index (χ0) is 6.57. The molecule has 3 heteroatoms. The van der Waals surface area contributed by atoms with Crippen molar-refractivity contribution < 1.29 is 4.79 Å². The maximum Gasteiger partial charge on any atom is 0.144 e. The van der Waals surface area contributed by atoms with Crippen molar-refractivity contribution in [3.8, 4) is 0 Å². The second-order valence-electron chi connectivity index (χ2n) is 1.42. The molecule has 45 valence electrons. The van der Waals surface area contributed by atoms with Gasteiger partial charge in [-0.3, -0.25) is 10.2 Å². The van der Waals surface area contributed by atoms with Gasteiger partial charge in [0.05, 0.1) is 6.42 Å². The Morgan fingerprint density at radius 2 is 2.38 bits per heavy atom. The third-order valence-corrected chi connectivity index (χ3v) is 0.665. The normalized spacial score (nSPS) is 8.62. The molecule has 0 spiro atoms. The van der Waals surface area contributed by atoms with Gasteiger partial charge in [0, 0.05) is 6.42 Å². The Balaban J connectivity index is 3.40. The van der Waals surface area contributed by atoms with E-state index in [2.05, 4.69) is 0 Å². The molecule has 0 saturated carbocycles. The molecule has 3 N–H and O–H groups in total. The Kier molecular flexibility index (Phi) is 2.84. The molecule has 0 amide bonds. The van der Waals surface area contributed by atoms with Crippen LogP contribution in [0.1, 0.15) is 13.3 Å². The summed E-state index contributed by atoms with van der Waals surface area (Å²) in [5, 5.41) is 6.63. The number of carbonyl (C=O) groups excluding carboxylic acids is 1.